The van der Waals surface area contributed by atoms with E-state index in [0.717, 1.165) is 0 Å². The average molecular weight is 200 g/mol. The van der Waals surface area contributed by atoms with E-state index in [4.69, 9.17) is 11.6 Å². The Bertz CT molecular complexity index is 351. The minimum Gasteiger partial charge on any atom is -0.321 e. The Morgan fingerprint density at radius 1 is 1.54 bits per heavy atom. The van der Waals surface area contributed by atoms with Crippen LogP contribution in [0.1, 0.15) is 0 Å². The van der Waals surface area contributed by atoms with Crippen LogP contribution in [0.25, 0.3) is 0 Å². The molecule has 1 amide bonds. The number of hydrogen-bond acceptors (Lipinski definition) is 1. The molecule has 0 radical (unpaired) electrons. The largest absolute Gasteiger partial charge is 0.321 e. The molecule has 13 heavy (non-hydrogen) atoms. The number of hydrogen-bond donors (Lipinski definition) is 1. The van der Waals surface area contributed by atoms with Crippen LogP contribution in [0.2, 0.25) is 0 Å². The second kappa shape index (κ2) is 4.05. The van der Waals surface area contributed by atoms with Gasteiger partial charge in [0.05, 0.1) is 5.03 Å². The molecular weight excluding hydrogens is 193 g/mol. The zero-order chi connectivity index (χ0) is 9.84. The summed E-state index contributed by atoms with van der Waals surface area (Å²) in [6.07, 6.45) is 0. The lowest BCUT2D eigenvalue weighted by atomic mass is 10.3. The van der Waals surface area contributed by atoms with Crippen LogP contribution in [0.4, 0.5) is 10.1 Å². The van der Waals surface area contributed by atoms with Gasteiger partial charge in [0.15, 0.2) is 0 Å². The van der Waals surface area contributed by atoms with Crippen LogP contribution in [0.15, 0.2) is 35.9 Å². The Hall–Kier alpha value is -1.35. The number of carbonyl (C=O) groups excluding carboxylic acids is 1. The van der Waals surface area contributed by atoms with Crippen molar-refractivity contribution in [3.63, 3.8) is 0 Å². The van der Waals surface area contributed by atoms with E-state index in [-0.39, 0.29) is 5.03 Å². The second-order valence-corrected chi connectivity index (χ2v) is 2.83. The molecule has 1 aromatic rings. The maximum atomic E-state index is 12.6. The Kier molecular flexibility index (Phi) is 3.03. The molecule has 4 heteroatoms. The first-order valence-corrected chi connectivity index (χ1v) is 3.88. The first-order valence-electron chi connectivity index (χ1n) is 3.51. The van der Waals surface area contributed by atoms with Crippen molar-refractivity contribution < 1.29 is 9.18 Å². The quantitative estimate of drug-likeness (QED) is 0.729. The molecule has 1 N–H and O–H groups in total. The van der Waals surface area contributed by atoms with Crippen LogP contribution in [0.3, 0.4) is 0 Å². The van der Waals surface area contributed by atoms with Crippen LogP contribution in [-0.2, 0) is 4.79 Å². The summed E-state index contributed by atoms with van der Waals surface area (Å²) in [6, 6.07) is 5.52. The zero-order valence-electron chi connectivity index (χ0n) is 6.68. The third-order valence-corrected chi connectivity index (χ3v) is 1.50. The second-order valence-electron chi connectivity index (χ2n) is 2.37. The van der Waals surface area contributed by atoms with Gasteiger partial charge in [0, 0.05) is 5.69 Å². The Morgan fingerprint density at radius 2 is 2.23 bits per heavy atom. The summed E-state index contributed by atoms with van der Waals surface area (Å²) in [4.78, 5) is 11.0. The summed E-state index contributed by atoms with van der Waals surface area (Å²) < 4.78 is 12.6. The first kappa shape index (κ1) is 9.74. The minimum absolute atomic E-state index is 0.135. The third-order valence-electron chi connectivity index (χ3n) is 1.33. The summed E-state index contributed by atoms with van der Waals surface area (Å²) >= 11 is 5.32. The third kappa shape index (κ3) is 2.87. The molecule has 0 spiro atoms. The van der Waals surface area contributed by atoms with Gasteiger partial charge in [-0.25, -0.2) is 4.39 Å². The summed E-state index contributed by atoms with van der Waals surface area (Å²) in [7, 11) is 0. The fourth-order valence-electron chi connectivity index (χ4n) is 0.765. The Morgan fingerprint density at radius 3 is 2.77 bits per heavy atom. The lowest BCUT2D eigenvalue weighted by Crippen LogP contribution is -2.10. The molecule has 0 bridgehead atoms. The van der Waals surface area contributed by atoms with E-state index >= 15 is 0 Å². The molecule has 68 valence electrons. The summed E-state index contributed by atoms with van der Waals surface area (Å²) in [6.45, 7) is 3.23. The van der Waals surface area contributed by atoms with Crippen LogP contribution < -0.4 is 5.32 Å². The zero-order valence-corrected chi connectivity index (χ0v) is 7.44. The number of rotatable bonds is 2. The van der Waals surface area contributed by atoms with Crippen LogP contribution in [0.5, 0.6) is 0 Å². The highest BCUT2D eigenvalue weighted by molar-refractivity contribution is 6.43. The number of amides is 1. The molecule has 0 atom stereocenters. The van der Waals surface area contributed by atoms with Gasteiger partial charge in [0.25, 0.3) is 5.91 Å². The van der Waals surface area contributed by atoms with Crippen molar-refractivity contribution in [2.45, 2.75) is 0 Å². The molecule has 0 aliphatic rings. The Labute approximate surface area is 80.0 Å². The first-order chi connectivity index (χ1) is 6.09. The van der Waals surface area contributed by atoms with Gasteiger partial charge in [-0.3, -0.25) is 4.79 Å². The molecule has 1 rings (SSSR count). The SMILES string of the molecule is C=C(Cl)C(=O)Nc1cccc(F)c1. The number of halogens is 2. The summed E-state index contributed by atoms with van der Waals surface area (Å²) in [5.74, 6) is -0.953. The molecule has 0 fully saturated rings. The predicted octanol–water partition coefficient (Wildman–Crippen LogP) is 2.52. The number of carbonyl (C=O) groups is 1. The van der Waals surface area contributed by atoms with Gasteiger partial charge in [0.2, 0.25) is 0 Å². The highest BCUT2D eigenvalue weighted by Crippen LogP contribution is 2.10. The van der Waals surface area contributed by atoms with E-state index in [1.165, 1.54) is 18.2 Å². The van der Waals surface area contributed by atoms with Gasteiger partial charge in [0.1, 0.15) is 5.82 Å². The summed E-state index contributed by atoms with van der Waals surface area (Å²) in [5, 5.41) is 2.24. The van der Waals surface area contributed by atoms with Crippen molar-refractivity contribution >= 4 is 23.2 Å². The van der Waals surface area contributed by atoms with Gasteiger partial charge in [-0.05, 0) is 18.2 Å². The highest BCUT2D eigenvalue weighted by Gasteiger charge is 2.03. The lowest BCUT2D eigenvalue weighted by molar-refractivity contribution is -0.112. The van der Waals surface area contributed by atoms with Gasteiger partial charge >= 0.3 is 0 Å². The molecule has 0 aliphatic heterocycles. The normalized spacial score (nSPS) is 9.38. The molecule has 1 aromatic carbocycles. The summed E-state index contributed by atoms with van der Waals surface area (Å²) in [5.41, 5.74) is 0.354. The van der Waals surface area contributed by atoms with E-state index in [1.807, 2.05) is 0 Å². The molecular formula is C9H7ClFNO. The molecule has 0 unspecified atom stereocenters. The van der Waals surface area contributed by atoms with Crippen molar-refractivity contribution in [3.05, 3.63) is 41.7 Å². The molecule has 0 aromatic heterocycles. The molecule has 0 saturated heterocycles. The van der Waals surface area contributed by atoms with E-state index in [1.54, 1.807) is 6.07 Å². The predicted molar refractivity (Wildman–Crippen MR) is 50.0 cm³/mol. The van der Waals surface area contributed by atoms with Crippen LogP contribution >= 0.6 is 11.6 Å². The monoisotopic (exact) mass is 199 g/mol. The Balaban J connectivity index is 2.75. The van der Waals surface area contributed by atoms with Crippen molar-refractivity contribution in [1.29, 1.82) is 0 Å². The van der Waals surface area contributed by atoms with Gasteiger partial charge in [-0.2, -0.15) is 0 Å². The van der Waals surface area contributed by atoms with Gasteiger partial charge in [-0.1, -0.05) is 24.2 Å². The minimum atomic E-state index is -0.535. The number of anilines is 1. The number of benzene rings is 1. The van der Waals surface area contributed by atoms with E-state index in [0.29, 0.717) is 5.69 Å². The van der Waals surface area contributed by atoms with Crippen molar-refractivity contribution in [2.75, 3.05) is 5.32 Å². The van der Waals surface area contributed by atoms with Crippen LogP contribution in [-0.4, -0.2) is 5.91 Å². The van der Waals surface area contributed by atoms with Crippen molar-refractivity contribution in [2.24, 2.45) is 0 Å². The fraction of sp³-hybridized carbons (Fsp3) is 0. The average Bonchev–Trinajstić information content (AvgIpc) is 2.04. The maximum Gasteiger partial charge on any atom is 0.266 e. The van der Waals surface area contributed by atoms with Crippen molar-refractivity contribution in [1.82, 2.24) is 0 Å². The molecule has 2 nitrogen and oxygen atoms in total. The molecule has 0 saturated carbocycles. The van der Waals surface area contributed by atoms with E-state index in [9.17, 15) is 9.18 Å². The van der Waals surface area contributed by atoms with E-state index < -0.39 is 11.7 Å². The standard InChI is InChI=1S/C9H7ClFNO/c1-6(10)9(13)12-8-4-2-3-7(11)5-8/h2-5H,1H2,(H,12,13). The van der Waals surface area contributed by atoms with E-state index in [2.05, 4.69) is 11.9 Å². The topological polar surface area (TPSA) is 29.1 Å². The lowest BCUT2D eigenvalue weighted by Gasteiger charge is -2.02. The van der Waals surface area contributed by atoms with Gasteiger partial charge < -0.3 is 5.32 Å². The molecule has 0 aliphatic carbocycles. The molecule has 0 heterocycles. The van der Waals surface area contributed by atoms with Gasteiger partial charge in [-0.15, -0.1) is 0 Å². The number of nitrogens with one attached hydrogen (secondary N) is 1. The van der Waals surface area contributed by atoms with Crippen LogP contribution in [0, 0.1) is 5.82 Å². The highest BCUT2D eigenvalue weighted by atomic mass is 35.5. The smallest absolute Gasteiger partial charge is 0.266 e. The van der Waals surface area contributed by atoms with Crippen molar-refractivity contribution in [3.8, 4) is 0 Å². The maximum absolute atomic E-state index is 12.6. The fourth-order valence-corrected chi connectivity index (χ4v) is 0.812.